The molecule has 0 aliphatic rings. The minimum Gasteiger partial charge on any atom is -0.379 e. The van der Waals surface area contributed by atoms with Gasteiger partial charge in [0, 0.05) is 39.5 Å². The first-order chi connectivity index (χ1) is 19.7. The van der Waals surface area contributed by atoms with E-state index in [0.29, 0.717) is 118 Å². The Morgan fingerprint density at radius 1 is 0.524 bits per heavy atom. The number of nitrogens with one attached hydrogen (secondary N) is 2. The summed E-state index contributed by atoms with van der Waals surface area (Å²) in [5.41, 5.74) is 11.0. The molecule has 0 bridgehead atoms. The molecule has 1 heterocycles. The van der Waals surface area contributed by atoms with Gasteiger partial charge in [-0.1, -0.05) is 0 Å². The monoisotopic (exact) mass is 644 g/mol. The Kier molecular flexibility index (Phi) is 32.5. The number of amides is 2. The summed E-state index contributed by atoms with van der Waals surface area (Å²) >= 11 is 0. The zero-order valence-electron chi connectivity index (χ0n) is 24.4. The summed E-state index contributed by atoms with van der Waals surface area (Å²) in [6, 6.07) is 0. The van der Waals surface area contributed by atoms with Crippen molar-refractivity contribution in [3.8, 4) is 0 Å². The van der Waals surface area contributed by atoms with E-state index < -0.39 is 0 Å². The third-order valence-corrected chi connectivity index (χ3v) is 5.09. The van der Waals surface area contributed by atoms with Gasteiger partial charge in [0.05, 0.1) is 65.2 Å². The van der Waals surface area contributed by atoms with Gasteiger partial charge in [-0.15, -0.1) is 24.8 Å². The normalized spacial score (nSPS) is 10.5. The van der Waals surface area contributed by atoms with Gasteiger partial charge in [0.1, 0.15) is 11.4 Å². The topological polar surface area (TPSA) is 191 Å². The highest BCUT2D eigenvalue weighted by molar-refractivity contribution is 5.94. The van der Waals surface area contributed by atoms with E-state index in [0.717, 1.165) is 12.8 Å². The first kappa shape index (κ1) is 42.4. The molecular weight excluding hydrogens is 595 g/mol. The lowest BCUT2D eigenvalue weighted by atomic mass is 10.3. The van der Waals surface area contributed by atoms with Gasteiger partial charge < -0.3 is 50.5 Å². The Balaban J connectivity index is 0. The number of aromatic nitrogens is 2. The van der Waals surface area contributed by atoms with Crippen LogP contribution in [0.15, 0.2) is 12.4 Å². The zero-order chi connectivity index (χ0) is 28.9. The van der Waals surface area contributed by atoms with Gasteiger partial charge in [-0.2, -0.15) is 0 Å². The van der Waals surface area contributed by atoms with Crippen LogP contribution >= 0.6 is 24.8 Å². The molecule has 2 amide bonds. The highest BCUT2D eigenvalue weighted by atomic mass is 35.5. The van der Waals surface area contributed by atoms with Crippen molar-refractivity contribution in [3.63, 3.8) is 0 Å². The minimum atomic E-state index is -0.363. The Bertz CT molecular complexity index is 695. The molecule has 1 aromatic rings. The summed E-state index contributed by atoms with van der Waals surface area (Å²) in [4.78, 5) is 32.5. The predicted molar refractivity (Wildman–Crippen MR) is 163 cm³/mol. The van der Waals surface area contributed by atoms with Crippen molar-refractivity contribution in [2.45, 2.75) is 25.7 Å². The van der Waals surface area contributed by atoms with Crippen molar-refractivity contribution in [1.29, 1.82) is 0 Å². The predicted octanol–water partition coefficient (Wildman–Crippen LogP) is 0.357. The number of hydrogen-bond donors (Lipinski definition) is 4. The van der Waals surface area contributed by atoms with Gasteiger partial charge in [-0.25, -0.2) is 9.97 Å². The van der Waals surface area contributed by atoms with E-state index in [4.69, 9.17) is 39.9 Å². The first-order valence-electron chi connectivity index (χ1n) is 13.9. The van der Waals surface area contributed by atoms with E-state index in [2.05, 4.69) is 20.6 Å². The fourth-order valence-electron chi connectivity index (χ4n) is 2.95. The lowest BCUT2D eigenvalue weighted by Gasteiger charge is -2.08. The number of ether oxygens (including phenoxy) is 6. The van der Waals surface area contributed by atoms with Gasteiger partial charge in [0.2, 0.25) is 0 Å². The van der Waals surface area contributed by atoms with Gasteiger partial charge in [0.25, 0.3) is 11.8 Å². The molecule has 246 valence electrons. The Labute approximate surface area is 261 Å². The second kappa shape index (κ2) is 32.2. The highest BCUT2D eigenvalue weighted by Crippen LogP contribution is 1.97. The summed E-state index contributed by atoms with van der Waals surface area (Å²) in [6.07, 6.45) is 5.54. The Hall–Kier alpha value is -1.72. The van der Waals surface area contributed by atoms with Gasteiger partial charge in [-0.3, -0.25) is 9.59 Å². The molecule has 1 aromatic heterocycles. The van der Waals surface area contributed by atoms with Crippen LogP contribution in [0, 0.1) is 0 Å². The van der Waals surface area contributed by atoms with Gasteiger partial charge >= 0.3 is 0 Å². The third-order valence-electron chi connectivity index (χ3n) is 5.09. The SMILES string of the molecule is Cl.Cl.NCCCOCCOCCOCCCNC(=O)c1cnc(C(=O)NCCCOCCOCCOCCCN)cn1. The molecule has 0 saturated carbocycles. The molecule has 16 heteroatoms. The van der Waals surface area contributed by atoms with E-state index in [9.17, 15) is 9.59 Å². The van der Waals surface area contributed by atoms with E-state index in [1.807, 2.05) is 0 Å². The quantitative estimate of drug-likeness (QED) is 0.0917. The van der Waals surface area contributed by atoms with Gasteiger partial charge in [0.15, 0.2) is 0 Å². The van der Waals surface area contributed by atoms with Crippen molar-refractivity contribution in [1.82, 2.24) is 20.6 Å². The van der Waals surface area contributed by atoms with Crippen LogP contribution in [0.25, 0.3) is 0 Å². The molecule has 0 saturated heterocycles. The average Bonchev–Trinajstić information content (AvgIpc) is 2.97. The molecule has 14 nitrogen and oxygen atoms in total. The standard InChI is InChI=1S/C26H48N6O8.2ClH/c27-5-1-9-35-13-17-39-19-15-37-11-3-7-29-25(33)23-21-32-24(22-31-23)26(34)30-8-4-12-38-16-20-40-18-14-36-10-2-6-28;;/h21-22H,1-20,27-28H2,(H,29,33)(H,30,34);2*1H. The van der Waals surface area contributed by atoms with Crippen molar-refractivity contribution >= 4 is 36.6 Å². The molecule has 0 atom stereocenters. The second-order valence-electron chi connectivity index (χ2n) is 8.46. The van der Waals surface area contributed by atoms with Crippen LogP contribution in [-0.2, 0) is 28.4 Å². The van der Waals surface area contributed by atoms with E-state index in [1.165, 1.54) is 12.4 Å². The third kappa shape index (κ3) is 24.8. The van der Waals surface area contributed by atoms with Crippen LogP contribution < -0.4 is 22.1 Å². The molecule has 0 spiro atoms. The zero-order valence-corrected chi connectivity index (χ0v) is 26.1. The first-order valence-corrected chi connectivity index (χ1v) is 13.9. The molecule has 6 N–H and O–H groups in total. The summed E-state index contributed by atoms with van der Waals surface area (Å²) in [6.45, 7) is 8.42. The number of halogens is 2. The Morgan fingerprint density at radius 2 is 0.810 bits per heavy atom. The fraction of sp³-hybridized carbons (Fsp3) is 0.769. The number of rotatable bonds is 28. The summed E-state index contributed by atoms with van der Waals surface area (Å²) in [5.74, 6) is -0.727. The van der Waals surface area contributed by atoms with Crippen molar-refractivity contribution in [3.05, 3.63) is 23.8 Å². The van der Waals surface area contributed by atoms with Crippen LogP contribution in [0.3, 0.4) is 0 Å². The summed E-state index contributed by atoms with van der Waals surface area (Å²) < 4.78 is 32.4. The number of carbonyl (C=O) groups excluding carboxylic acids is 2. The maximum atomic E-state index is 12.2. The van der Waals surface area contributed by atoms with Crippen LogP contribution in [0.4, 0.5) is 0 Å². The number of nitrogens with zero attached hydrogens (tertiary/aromatic N) is 2. The molecule has 0 aromatic carbocycles. The highest BCUT2D eigenvalue weighted by Gasteiger charge is 2.11. The van der Waals surface area contributed by atoms with Crippen molar-refractivity contribution in [2.75, 3.05) is 105 Å². The largest absolute Gasteiger partial charge is 0.379 e. The molecule has 0 fully saturated rings. The fourth-order valence-corrected chi connectivity index (χ4v) is 2.95. The smallest absolute Gasteiger partial charge is 0.271 e. The maximum Gasteiger partial charge on any atom is 0.271 e. The second-order valence-corrected chi connectivity index (χ2v) is 8.46. The molecule has 0 unspecified atom stereocenters. The molecule has 42 heavy (non-hydrogen) atoms. The molecular formula is C26H50Cl2N6O8. The molecule has 0 aliphatic carbocycles. The lowest BCUT2D eigenvalue weighted by Crippen LogP contribution is -2.28. The number of carbonyl (C=O) groups is 2. The van der Waals surface area contributed by atoms with Crippen molar-refractivity contribution in [2.24, 2.45) is 11.5 Å². The Morgan fingerprint density at radius 3 is 1.10 bits per heavy atom. The summed E-state index contributed by atoms with van der Waals surface area (Å²) in [7, 11) is 0. The minimum absolute atomic E-state index is 0. The van der Waals surface area contributed by atoms with E-state index >= 15 is 0 Å². The van der Waals surface area contributed by atoms with Crippen molar-refractivity contribution < 1.29 is 38.0 Å². The van der Waals surface area contributed by atoms with Gasteiger partial charge in [-0.05, 0) is 38.8 Å². The molecule has 0 radical (unpaired) electrons. The van der Waals surface area contributed by atoms with Crippen LogP contribution in [0.5, 0.6) is 0 Å². The number of nitrogens with two attached hydrogens (primary N) is 2. The average molecular weight is 646 g/mol. The van der Waals surface area contributed by atoms with E-state index in [-0.39, 0.29) is 48.0 Å². The molecule has 0 aliphatic heterocycles. The summed E-state index contributed by atoms with van der Waals surface area (Å²) in [5, 5.41) is 5.50. The molecule has 1 rings (SSSR count). The number of hydrogen-bond acceptors (Lipinski definition) is 12. The van der Waals surface area contributed by atoms with Crippen LogP contribution in [0.2, 0.25) is 0 Å². The van der Waals surface area contributed by atoms with Crippen LogP contribution in [-0.4, -0.2) is 127 Å². The van der Waals surface area contributed by atoms with E-state index in [1.54, 1.807) is 0 Å². The lowest BCUT2D eigenvalue weighted by molar-refractivity contribution is 0.0140. The maximum absolute atomic E-state index is 12.2. The van der Waals surface area contributed by atoms with Crippen LogP contribution in [0.1, 0.15) is 46.7 Å².